The molecule has 0 amide bonds. The Hall–Kier alpha value is -0.100. The zero-order valence-electron chi connectivity index (χ0n) is 16.9. The molecule has 3 fully saturated rings. The molecule has 0 aromatic heterocycles. The molecule has 0 bridgehead atoms. The molecule has 5 heteroatoms. The van der Waals surface area contributed by atoms with Crippen LogP contribution in [0.15, 0.2) is 0 Å². The van der Waals surface area contributed by atoms with E-state index >= 15 is 0 Å². The molecule has 0 aromatic rings. The van der Waals surface area contributed by atoms with Gasteiger partial charge in [-0.25, -0.2) is 0 Å². The van der Waals surface area contributed by atoms with Crippen molar-refractivity contribution in [2.24, 2.45) is 23.7 Å². The van der Waals surface area contributed by atoms with E-state index in [4.69, 9.17) is 4.74 Å². The number of ether oxygens (including phenoxy) is 1. The largest absolute Gasteiger partial charge is 0.389 e. The lowest BCUT2D eigenvalue weighted by atomic mass is 9.68. The van der Waals surface area contributed by atoms with Gasteiger partial charge >= 0.3 is 0 Å². The first kappa shape index (κ1) is 20.6. The van der Waals surface area contributed by atoms with E-state index in [1.54, 1.807) is 0 Å². The highest BCUT2D eigenvalue weighted by molar-refractivity contribution is 8.00. The second-order valence-electron chi connectivity index (χ2n) is 8.87. The Morgan fingerprint density at radius 3 is 2.69 bits per heavy atom. The van der Waals surface area contributed by atoms with Gasteiger partial charge in [0.1, 0.15) is 5.78 Å². The van der Waals surface area contributed by atoms with E-state index in [-0.39, 0.29) is 12.0 Å². The molecule has 4 nitrogen and oxygen atoms in total. The average molecular weight is 384 g/mol. The third kappa shape index (κ3) is 4.31. The maximum Gasteiger partial charge on any atom is 0.141 e. The van der Waals surface area contributed by atoms with Gasteiger partial charge in [-0.1, -0.05) is 33.6 Å². The fourth-order valence-electron chi connectivity index (χ4n) is 5.16. The van der Waals surface area contributed by atoms with Crippen molar-refractivity contribution < 1.29 is 14.6 Å². The molecule has 2 saturated carbocycles. The van der Waals surface area contributed by atoms with Crippen molar-refractivity contribution in [2.75, 3.05) is 26.7 Å². The van der Waals surface area contributed by atoms with Crippen molar-refractivity contribution in [3.05, 3.63) is 0 Å². The summed E-state index contributed by atoms with van der Waals surface area (Å²) >= 11 is 2.12. The maximum atomic E-state index is 13.2. The number of likely N-dealkylation sites (N-methyl/N-ethyl adjacent to an activating group) is 1. The third-order valence-corrected chi connectivity index (χ3v) is 9.13. The first-order valence-electron chi connectivity index (χ1n) is 10.6. The molecule has 2 aliphatic carbocycles. The fraction of sp³-hybridized carbons (Fsp3) is 0.952. The van der Waals surface area contributed by atoms with Crippen LogP contribution in [-0.2, 0) is 9.53 Å². The number of Topliss-reactive ketones (excluding diaryl/α,β-unsaturated/α-hetero) is 1. The van der Waals surface area contributed by atoms with Crippen LogP contribution in [0.4, 0.5) is 0 Å². The van der Waals surface area contributed by atoms with Crippen molar-refractivity contribution in [3.8, 4) is 0 Å². The first-order valence-corrected chi connectivity index (χ1v) is 11.5. The minimum Gasteiger partial charge on any atom is -0.389 e. The van der Waals surface area contributed by atoms with Gasteiger partial charge in [0.05, 0.1) is 18.8 Å². The van der Waals surface area contributed by atoms with Crippen molar-refractivity contribution >= 4 is 17.5 Å². The molecule has 8 atom stereocenters. The molecule has 0 radical (unpaired) electrons. The average Bonchev–Trinajstić information content (AvgIpc) is 2.64. The molecule has 150 valence electrons. The van der Waals surface area contributed by atoms with Gasteiger partial charge in [-0.2, -0.15) is 11.8 Å². The molecule has 0 spiro atoms. The number of thioether (sulfide) groups is 1. The lowest BCUT2D eigenvalue weighted by Crippen LogP contribution is -2.53. The van der Waals surface area contributed by atoms with Gasteiger partial charge in [0.2, 0.25) is 0 Å². The van der Waals surface area contributed by atoms with Crippen LogP contribution < -0.4 is 0 Å². The first-order chi connectivity index (χ1) is 12.4. The molecular weight excluding hydrogens is 346 g/mol. The lowest BCUT2D eigenvalue weighted by molar-refractivity contribution is -0.135. The van der Waals surface area contributed by atoms with Crippen molar-refractivity contribution in [3.63, 3.8) is 0 Å². The number of carbonyl (C=O) groups excluding carboxylic acids is 1. The highest BCUT2D eigenvalue weighted by Gasteiger charge is 2.51. The summed E-state index contributed by atoms with van der Waals surface area (Å²) in [5, 5.41) is 11.3. The Balaban J connectivity index is 1.61. The number of hydrogen-bond acceptors (Lipinski definition) is 5. The monoisotopic (exact) mass is 383 g/mol. The molecule has 0 aromatic carbocycles. The summed E-state index contributed by atoms with van der Waals surface area (Å²) in [6, 6.07) is 0. The number of ketones is 1. The number of aliphatic hydroxyl groups is 1. The Labute approximate surface area is 163 Å². The van der Waals surface area contributed by atoms with Gasteiger partial charge in [0.25, 0.3) is 0 Å². The highest BCUT2D eigenvalue weighted by atomic mass is 32.2. The quantitative estimate of drug-likeness (QED) is 0.763. The van der Waals surface area contributed by atoms with Crippen molar-refractivity contribution in [2.45, 2.75) is 75.6 Å². The highest BCUT2D eigenvalue weighted by Crippen LogP contribution is 2.52. The Bertz CT molecular complexity index is 488. The Morgan fingerprint density at radius 2 is 1.96 bits per heavy atom. The van der Waals surface area contributed by atoms with Gasteiger partial charge in [0.15, 0.2) is 0 Å². The second kappa shape index (κ2) is 8.93. The van der Waals surface area contributed by atoms with Crippen LogP contribution in [0, 0.1) is 23.7 Å². The standard InChI is InChI=1S/C21H37NO3S/c1-5-22(4)11-15(23)12-25-18-10-17-20(24)16-8-6-7-9-19(16)26-21(17)14(3)13(18)2/h13-19,21,23H,5-12H2,1-4H3. The molecule has 8 unspecified atom stereocenters. The molecule has 1 heterocycles. The van der Waals surface area contributed by atoms with Crippen LogP contribution in [0.5, 0.6) is 0 Å². The Morgan fingerprint density at radius 1 is 1.23 bits per heavy atom. The van der Waals surface area contributed by atoms with Crippen molar-refractivity contribution in [1.29, 1.82) is 0 Å². The van der Waals surface area contributed by atoms with E-state index in [0.29, 0.717) is 47.2 Å². The van der Waals surface area contributed by atoms with E-state index in [9.17, 15) is 9.90 Å². The summed E-state index contributed by atoms with van der Waals surface area (Å²) in [5.74, 6) is 1.90. The Kier molecular flexibility index (Phi) is 7.09. The summed E-state index contributed by atoms with van der Waals surface area (Å²) in [6.07, 6.45) is 5.31. The summed E-state index contributed by atoms with van der Waals surface area (Å²) in [6.45, 7) is 8.60. The fourth-order valence-corrected chi connectivity index (χ4v) is 7.26. The molecule has 1 aliphatic heterocycles. The zero-order chi connectivity index (χ0) is 18.8. The number of nitrogens with zero attached hydrogens (tertiary/aromatic N) is 1. The van der Waals surface area contributed by atoms with Crippen LogP contribution >= 0.6 is 11.8 Å². The SMILES string of the molecule is CCN(C)CC(O)COC1CC2C(=O)C3CCCCC3SC2C(C)C1C. The minimum atomic E-state index is -0.459. The maximum absolute atomic E-state index is 13.2. The van der Waals surface area contributed by atoms with E-state index < -0.39 is 6.10 Å². The number of hydrogen-bond donors (Lipinski definition) is 1. The minimum absolute atomic E-state index is 0.0949. The van der Waals surface area contributed by atoms with Gasteiger partial charge in [-0.05, 0) is 44.7 Å². The van der Waals surface area contributed by atoms with Gasteiger partial charge in [0, 0.05) is 28.9 Å². The van der Waals surface area contributed by atoms with Crippen LogP contribution in [-0.4, -0.2) is 65.2 Å². The summed E-state index contributed by atoms with van der Waals surface area (Å²) in [4.78, 5) is 15.3. The van der Waals surface area contributed by atoms with Gasteiger partial charge in [-0.3, -0.25) is 4.79 Å². The van der Waals surface area contributed by atoms with E-state index in [1.807, 2.05) is 7.05 Å². The molecule has 1 N–H and O–H groups in total. The van der Waals surface area contributed by atoms with Gasteiger partial charge in [-0.15, -0.1) is 0 Å². The normalized spacial score (nSPS) is 41.6. The smallest absolute Gasteiger partial charge is 0.141 e. The lowest BCUT2D eigenvalue weighted by Gasteiger charge is -2.50. The topological polar surface area (TPSA) is 49.8 Å². The predicted molar refractivity (Wildman–Crippen MR) is 107 cm³/mol. The zero-order valence-corrected chi connectivity index (χ0v) is 17.7. The molecule has 3 rings (SSSR count). The van der Waals surface area contributed by atoms with Crippen molar-refractivity contribution in [1.82, 2.24) is 4.90 Å². The molecule has 3 aliphatic rings. The van der Waals surface area contributed by atoms with Crippen LogP contribution in [0.1, 0.15) is 52.9 Å². The third-order valence-electron chi connectivity index (χ3n) is 7.15. The molecular formula is C21H37NO3S. The van der Waals surface area contributed by atoms with E-state index in [0.717, 1.165) is 19.4 Å². The summed E-state index contributed by atoms with van der Waals surface area (Å²) in [7, 11) is 2.01. The number of carbonyl (C=O) groups is 1. The van der Waals surface area contributed by atoms with E-state index in [2.05, 4.69) is 37.4 Å². The molecule has 1 saturated heterocycles. The number of aliphatic hydroxyl groups excluding tert-OH is 1. The number of fused-ring (bicyclic) bond motifs is 2. The van der Waals surface area contributed by atoms with Crippen LogP contribution in [0.2, 0.25) is 0 Å². The van der Waals surface area contributed by atoms with Crippen LogP contribution in [0.3, 0.4) is 0 Å². The molecule has 26 heavy (non-hydrogen) atoms. The van der Waals surface area contributed by atoms with Gasteiger partial charge < -0.3 is 14.7 Å². The summed E-state index contributed by atoms with van der Waals surface area (Å²) in [5.41, 5.74) is 0. The summed E-state index contributed by atoms with van der Waals surface area (Å²) < 4.78 is 6.17. The van der Waals surface area contributed by atoms with E-state index in [1.165, 1.54) is 19.3 Å². The number of rotatable bonds is 6. The second-order valence-corrected chi connectivity index (χ2v) is 10.3. The van der Waals surface area contributed by atoms with Crippen LogP contribution in [0.25, 0.3) is 0 Å². The predicted octanol–water partition coefficient (Wildman–Crippen LogP) is 3.22.